The van der Waals surface area contributed by atoms with E-state index in [0.717, 1.165) is 81.6 Å². The number of nitrogens with zero attached hydrogens (tertiary/aromatic N) is 7. The van der Waals surface area contributed by atoms with Gasteiger partial charge < -0.3 is 15.1 Å². The van der Waals surface area contributed by atoms with Gasteiger partial charge >= 0.3 is 0 Å². The Morgan fingerprint density at radius 1 is 0.676 bits per heavy atom. The Morgan fingerprint density at radius 3 is 2.03 bits per heavy atom. The molecule has 0 bridgehead atoms. The highest BCUT2D eigenvalue weighted by molar-refractivity contribution is 7.80. The number of benzene rings is 2. The number of fused-ring (bicyclic) bond motifs is 7. The lowest BCUT2D eigenvalue weighted by atomic mass is 10.1. The van der Waals surface area contributed by atoms with E-state index in [1.807, 2.05) is 66.9 Å². The second-order valence-electron chi connectivity index (χ2n) is 9.02. The normalized spacial score (nSPS) is 14.1. The number of anilines is 2. The first kappa shape index (κ1) is 21.8. The Hall–Kier alpha value is -4.50. The Kier molecular flexibility index (Phi) is 5.21. The molecular formula is C28H22N8S. The zero-order valence-corrected chi connectivity index (χ0v) is 20.7. The molecule has 0 spiro atoms. The minimum atomic E-state index is 0.709. The van der Waals surface area contributed by atoms with E-state index in [2.05, 4.69) is 30.1 Å². The van der Waals surface area contributed by atoms with Crippen molar-refractivity contribution in [1.29, 1.82) is 0 Å². The first-order valence-corrected chi connectivity index (χ1v) is 12.6. The van der Waals surface area contributed by atoms with Crippen LogP contribution in [0.2, 0.25) is 0 Å². The van der Waals surface area contributed by atoms with E-state index in [1.165, 1.54) is 0 Å². The summed E-state index contributed by atoms with van der Waals surface area (Å²) >= 11 is 5.76. The monoisotopic (exact) mass is 502 g/mol. The maximum atomic E-state index is 5.76. The van der Waals surface area contributed by atoms with Crippen LogP contribution in [0.3, 0.4) is 0 Å². The largest absolute Gasteiger partial charge is 0.353 e. The van der Waals surface area contributed by atoms with Gasteiger partial charge in [0.1, 0.15) is 5.82 Å². The average Bonchev–Trinajstić information content (AvgIpc) is 2.97. The number of hydrogen-bond acceptors (Lipinski definition) is 7. The van der Waals surface area contributed by atoms with Gasteiger partial charge in [-0.3, -0.25) is 9.97 Å². The van der Waals surface area contributed by atoms with Crippen LogP contribution in [-0.2, 0) is 0 Å². The van der Waals surface area contributed by atoms with Crippen molar-refractivity contribution in [3.05, 3.63) is 79.3 Å². The van der Waals surface area contributed by atoms with Gasteiger partial charge in [-0.2, -0.15) is 0 Å². The smallest absolute Gasteiger partial charge is 0.173 e. The number of rotatable bonds is 2. The van der Waals surface area contributed by atoms with E-state index in [4.69, 9.17) is 22.2 Å². The van der Waals surface area contributed by atoms with Crippen LogP contribution in [0.1, 0.15) is 0 Å². The quantitative estimate of drug-likeness (QED) is 0.204. The van der Waals surface area contributed by atoms with Gasteiger partial charge in [0.05, 0.1) is 33.1 Å². The number of hydrogen-bond donors (Lipinski definition) is 1. The van der Waals surface area contributed by atoms with Crippen LogP contribution in [0.4, 0.5) is 11.5 Å². The van der Waals surface area contributed by atoms with Crippen molar-refractivity contribution >= 4 is 72.7 Å². The highest BCUT2D eigenvalue weighted by atomic mass is 32.1. The lowest BCUT2D eigenvalue weighted by Gasteiger charge is -2.36. The van der Waals surface area contributed by atoms with Crippen molar-refractivity contribution in [3.63, 3.8) is 0 Å². The van der Waals surface area contributed by atoms with Crippen LogP contribution in [0.15, 0.2) is 79.3 Å². The molecule has 2 aromatic carbocycles. The summed E-state index contributed by atoms with van der Waals surface area (Å²) in [6.45, 7) is 3.41. The second-order valence-corrected chi connectivity index (χ2v) is 9.40. The van der Waals surface area contributed by atoms with Crippen molar-refractivity contribution in [3.8, 4) is 0 Å². The third-order valence-corrected chi connectivity index (χ3v) is 7.17. The predicted octanol–water partition coefficient (Wildman–Crippen LogP) is 4.79. The van der Waals surface area contributed by atoms with Gasteiger partial charge in [0.2, 0.25) is 0 Å². The lowest BCUT2D eigenvalue weighted by molar-refractivity contribution is 0.389. The van der Waals surface area contributed by atoms with E-state index >= 15 is 0 Å². The molecule has 1 fully saturated rings. The van der Waals surface area contributed by atoms with E-state index in [9.17, 15) is 0 Å². The molecule has 180 valence electrons. The van der Waals surface area contributed by atoms with Crippen LogP contribution in [-0.4, -0.2) is 61.1 Å². The van der Waals surface area contributed by atoms with Crippen LogP contribution in [0, 0.1) is 0 Å². The van der Waals surface area contributed by atoms with Crippen LogP contribution < -0.4 is 10.2 Å². The van der Waals surface area contributed by atoms with E-state index in [0.29, 0.717) is 5.11 Å². The molecule has 4 aromatic heterocycles. The van der Waals surface area contributed by atoms with E-state index in [1.54, 1.807) is 12.4 Å². The number of aromatic nitrogens is 5. The van der Waals surface area contributed by atoms with Crippen molar-refractivity contribution in [1.82, 2.24) is 29.8 Å². The summed E-state index contributed by atoms with van der Waals surface area (Å²) in [6.07, 6.45) is 5.41. The highest BCUT2D eigenvalue weighted by Crippen LogP contribution is 2.32. The topological polar surface area (TPSA) is 83.0 Å². The molecule has 0 saturated carbocycles. The van der Waals surface area contributed by atoms with E-state index < -0.39 is 0 Å². The standard InChI is InChI=1S/C28H22N8S/c37-28(36-15-13-35(14-16-36)23-7-1-2-10-29-23)32-18-8-9-21-22(17-18)34-27-20-6-4-12-31-25(20)24-19(26(27)33-21)5-3-11-30-24/h1-12,17H,13-16H2,(H,32,37). The summed E-state index contributed by atoms with van der Waals surface area (Å²) in [4.78, 5) is 28.2. The first-order chi connectivity index (χ1) is 18.2. The molecule has 9 heteroatoms. The van der Waals surface area contributed by atoms with Crippen LogP contribution >= 0.6 is 12.2 Å². The molecule has 0 aliphatic carbocycles. The fraction of sp³-hybridized carbons (Fsp3) is 0.143. The molecule has 6 aromatic rings. The molecule has 0 atom stereocenters. The fourth-order valence-corrected chi connectivity index (χ4v) is 5.26. The molecule has 7 rings (SSSR count). The van der Waals surface area contributed by atoms with Gasteiger partial charge in [0.15, 0.2) is 5.11 Å². The molecule has 5 heterocycles. The second kappa shape index (κ2) is 8.86. The molecule has 1 aliphatic rings. The molecule has 1 N–H and O–H groups in total. The zero-order valence-electron chi connectivity index (χ0n) is 19.9. The van der Waals surface area contributed by atoms with Gasteiger partial charge in [-0.1, -0.05) is 6.07 Å². The summed E-state index contributed by atoms with van der Waals surface area (Å²) in [7, 11) is 0. The fourth-order valence-electron chi connectivity index (χ4n) is 4.96. The van der Waals surface area contributed by atoms with E-state index in [-0.39, 0.29) is 0 Å². The van der Waals surface area contributed by atoms with Gasteiger partial charge in [-0.05, 0) is 66.8 Å². The highest BCUT2D eigenvalue weighted by Gasteiger charge is 2.20. The van der Waals surface area contributed by atoms with Gasteiger partial charge in [-0.15, -0.1) is 0 Å². The maximum Gasteiger partial charge on any atom is 0.173 e. The Bertz CT molecular complexity index is 1800. The van der Waals surface area contributed by atoms with Gasteiger partial charge in [0, 0.05) is 61.2 Å². The molecule has 8 nitrogen and oxygen atoms in total. The summed E-state index contributed by atoms with van der Waals surface area (Å²) in [5.41, 5.74) is 5.84. The molecule has 1 saturated heterocycles. The van der Waals surface area contributed by atoms with Crippen molar-refractivity contribution in [2.45, 2.75) is 0 Å². The van der Waals surface area contributed by atoms with Crippen molar-refractivity contribution < 1.29 is 0 Å². The van der Waals surface area contributed by atoms with Gasteiger partial charge in [0.25, 0.3) is 0 Å². The SMILES string of the molecule is S=C(Nc1ccc2nc3c4cccnc4c4ncccc4c3nc2c1)N1CCN(c2ccccn2)CC1. The minimum Gasteiger partial charge on any atom is -0.353 e. The average molecular weight is 503 g/mol. The molecule has 0 radical (unpaired) electrons. The summed E-state index contributed by atoms with van der Waals surface area (Å²) in [5.74, 6) is 1.01. The first-order valence-electron chi connectivity index (χ1n) is 12.2. The summed E-state index contributed by atoms with van der Waals surface area (Å²) in [5, 5.41) is 6.01. The van der Waals surface area contributed by atoms with Crippen LogP contribution in [0.5, 0.6) is 0 Å². The molecular weight excluding hydrogens is 480 g/mol. The number of pyridine rings is 3. The zero-order chi connectivity index (χ0) is 24.8. The van der Waals surface area contributed by atoms with Crippen LogP contribution in [0.25, 0.3) is 43.9 Å². The Balaban J connectivity index is 1.19. The Labute approximate surface area is 218 Å². The Morgan fingerprint density at radius 2 is 1.35 bits per heavy atom. The third-order valence-electron chi connectivity index (χ3n) is 6.81. The predicted molar refractivity (Wildman–Crippen MR) is 152 cm³/mol. The van der Waals surface area contributed by atoms with Gasteiger partial charge in [-0.25, -0.2) is 15.0 Å². The maximum absolute atomic E-state index is 5.76. The molecule has 0 amide bonds. The summed E-state index contributed by atoms with van der Waals surface area (Å²) in [6, 6.07) is 19.9. The van der Waals surface area contributed by atoms with Crippen molar-refractivity contribution in [2.24, 2.45) is 0 Å². The lowest BCUT2D eigenvalue weighted by Crippen LogP contribution is -2.50. The summed E-state index contributed by atoms with van der Waals surface area (Å²) < 4.78 is 0. The minimum absolute atomic E-state index is 0.709. The number of piperazine rings is 1. The molecule has 0 unspecified atom stereocenters. The number of thiocarbonyl (C=S) groups is 1. The molecule has 37 heavy (non-hydrogen) atoms. The third kappa shape index (κ3) is 3.84. The molecule has 1 aliphatic heterocycles. The van der Waals surface area contributed by atoms with Crippen molar-refractivity contribution in [2.75, 3.05) is 36.4 Å². The number of nitrogens with one attached hydrogen (secondary N) is 1.